The fraction of sp³-hybridized carbons (Fsp3) is 0.444. The monoisotopic (exact) mass is 367 g/mol. The highest BCUT2D eigenvalue weighted by molar-refractivity contribution is 5.76. The lowest BCUT2D eigenvalue weighted by Crippen LogP contribution is -2.47. The van der Waals surface area contributed by atoms with Crippen LogP contribution in [0.25, 0.3) is 0 Å². The number of alkyl halides is 3. The Balaban J connectivity index is 1.61. The van der Waals surface area contributed by atoms with Crippen LogP contribution in [0.1, 0.15) is 16.8 Å². The molecule has 1 amide bonds. The predicted molar refractivity (Wildman–Crippen MR) is 88.4 cm³/mol. The Hall–Kier alpha value is -2.35. The van der Waals surface area contributed by atoms with Crippen LogP contribution in [0.15, 0.2) is 36.5 Å². The lowest BCUT2D eigenvalue weighted by Gasteiger charge is -2.33. The largest absolute Gasteiger partial charge is 0.416 e. The van der Waals surface area contributed by atoms with Crippen LogP contribution >= 0.6 is 0 Å². The Bertz CT molecular complexity index is 773. The molecule has 0 unspecified atom stereocenters. The minimum atomic E-state index is -4.37. The number of amides is 1. The molecule has 5 nitrogen and oxygen atoms in total. The summed E-state index contributed by atoms with van der Waals surface area (Å²) in [5.74, 6) is -0.0783. The first-order valence-corrected chi connectivity index (χ1v) is 8.37. The van der Waals surface area contributed by atoms with Gasteiger partial charge in [-0.3, -0.25) is 9.48 Å². The number of aryl methyl sites for hydroxylation is 1. The van der Waals surface area contributed by atoms with E-state index in [-0.39, 0.29) is 18.6 Å². The molecule has 1 aromatic carbocycles. The molecule has 0 aliphatic carbocycles. The number of morpholine rings is 1. The molecule has 0 radical (unpaired) electrons. The van der Waals surface area contributed by atoms with Gasteiger partial charge in [-0.1, -0.05) is 18.2 Å². The minimum Gasteiger partial charge on any atom is -0.374 e. The summed E-state index contributed by atoms with van der Waals surface area (Å²) in [6.07, 6.45) is -2.62. The molecule has 140 valence electrons. The summed E-state index contributed by atoms with van der Waals surface area (Å²) in [7, 11) is 0. The van der Waals surface area contributed by atoms with Gasteiger partial charge >= 0.3 is 6.18 Å². The van der Waals surface area contributed by atoms with E-state index in [1.165, 1.54) is 6.07 Å². The van der Waals surface area contributed by atoms with Crippen molar-refractivity contribution in [1.82, 2.24) is 14.7 Å². The molecule has 1 saturated heterocycles. The van der Waals surface area contributed by atoms with Gasteiger partial charge in [0, 0.05) is 25.7 Å². The van der Waals surface area contributed by atoms with Crippen LogP contribution in [-0.2, 0) is 28.7 Å². The van der Waals surface area contributed by atoms with Crippen molar-refractivity contribution in [2.45, 2.75) is 32.2 Å². The van der Waals surface area contributed by atoms with Gasteiger partial charge in [-0.05, 0) is 24.6 Å². The van der Waals surface area contributed by atoms with Gasteiger partial charge in [0.15, 0.2) is 0 Å². The van der Waals surface area contributed by atoms with Gasteiger partial charge in [-0.25, -0.2) is 0 Å². The zero-order chi connectivity index (χ0) is 18.7. The van der Waals surface area contributed by atoms with Crippen LogP contribution in [0.3, 0.4) is 0 Å². The van der Waals surface area contributed by atoms with Gasteiger partial charge < -0.3 is 9.64 Å². The molecule has 0 N–H and O–H groups in total. The maximum atomic E-state index is 12.8. The van der Waals surface area contributed by atoms with Gasteiger partial charge in [0.25, 0.3) is 0 Å². The van der Waals surface area contributed by atoms with E-state index in [4.69, 9.17) is 4.74 Å². The number of benzene rings is 1. The van der Waals surface area contributed by atoms with Crippen molar-refractivity contribution in [3.8, 4) is 0 Å². The standard InChI is InChI=1S/C18H20F3N3O2/c1-13-5-6-24(22-13)12-17(25)23-7-8-26-16(11-23)10-14-3-2-4-15(9-14)18(19,20)21/h2-6,9,16H,7-8,10-12H2,1H3/t16-/m0/s1. The maximum Gasteiger partial charge on any atom is 0.416 e. The Morgan fingerprint density at radius 1 is 1.35 bits per heavy atom. The number of ether oxygens (including phenoxy) is 1. The van der Waals surface area contributed by atoms with Crippen LogP contribution in [0.4, 0.5) is 13.2 Å². The van der Waals surface area contributed by atoms with E-state index in [0.29, 0.717) is 31.7 Å². The molecule has 2 heterocycles. The molecule has 0 bridgehead atoms. The van der Waals surface area contributed by atoms with Crippen molar-refractivity contribution in [3.63, 3.8) is 0 Å². The molecule has 2 aromatic rings. The van der Waals surface area contributed by atoms with Crippen LogP contribution in [0, 0.1) is 6.92 Å². The normalized spacial score (nSPS) is 18.2. The molecule has 0 spiro atoms. The van der Waals surface area contributed by atoms with E-state index in [2.05, 4.69) is 5.10 Å². The molecule has 1 aromatic heterocycles. The maximum absolute atomic E-state index is 12.8. The Morgan fingerprint density at radius 2 is 2.15 bits per heavy atom. The molecule has 1 aliphatic heterocycles. The summed E-state index contributed by atoms with van der Waals surface area (Å²) >= 11 is 0. The summed E-state index contributed by atoms with van der Waals surface area (Å²) in [5, 5.41) is 4.20. The van der Waals surface area contributed by atoms with Crippen molar-refractivity contribution in [1.29, 1.82) is 0 Å². The highest BCUT2D eigenvalue weighted by atomic mass is 19.4. The number of halogens is 3. The second kappa shape index (κ2) is 7.49. The lowest BCUT2D eigenvalue weighted by molar-refractivity contribution is -0.139. The summed E-state index contributed by atoms with van der Waals surface area (Å²) in [6, 6.07) is 7.04. The summed E-state index contributed by atoms with van der Waals surface area (Å²) < 4.78 is 45.7. The van der Waals surface area contributed by atoms with Gasteiger partial charge in [-0.2, -0.15) is 18.3 Å². The third kappa shape index (κ3) is 4.63. The van der Waals surface area contributed by atoms with Gasteiger partial charge in [0.2, 0.25) is 5.91 Å². The van der Waals surface area contributed by atoms with Crippen LogP contribution in [0.5, 0.6) is 0 Å². The number of carbonyl (C=O) groups excluding carboxylic acids is 1. The molecule has 8 heteroatoms. The fourth-order valence-electron chi connectivity index (χ4n) is 3.00. The van der Waals surface area contributed by atoms with Crippen molar-refractivity contribution in [2.75, 3.05) is 19.7 Å². The smallest absolute Gasteiger partial charge is 0.374 e. The van der Waals surface area contributed by atoms with Gasteiger partial charge in [0.1, 0.15) is 6.54 Å². The van der Waals surface area contributed by atoms with Gasteiger partial charge in [0.05, 0.1) is 24.0 Å². The second-order valence-corrected chi connectivity index (χ2v) is 6.39. The van der Waals surface area contributed by atoms with Crippen LogP contribution < -0.4 is 0 Å². The van der Waals surface area contributed by atoms with Crippen molar-refractivity contribution in [2.24, 2.45) is 0 Å². The fourth-order valence-corrected chi connectivity index (χ4v) is 3.00. The SMILES string of the molecule is Cc1ccn(CC(=O)N2CCO[C@@H](Cc3cccc(C(F)(F)F)c3)C2)n1. The number of rotatable bonds is 4. The summed E-state index contributed by atoms with van der Waals surface area (Å²) in [4.78, 5) is 14.1. The van der Waals surface area contributed by atoms with E-state index >= 15 is 0 Å². The first-order chi connectivity index (χ1) is 12.3. The molecular weight excluding hydrogens is 347 g/mol. The first kappa shape index (κ1) is 18.4. The molecule has 1 atom stereocenters. The number of hydrogen-bond donors (Lipinski definition) is 0. The van der Waals surface area contributed by atoms with Gasteiger partial charge in [-0.15, -0.1) is 0 Å². The van der Waals surface area contributed by atoms with E-state index in [0.717, 1.165) is 17.8 Å². The third-order valence-electron chi connectivity index (χ3n) is 4.28. The summed E-state index contributed by atoms with van der Waals surface area (Å²) in [5.41, 5.74) is 0.705. The van der Waals surface area contributed by atoms with Crippen LogP contribution in [0.2, 0.25) is 0 Å². The van der Waals surface area contributed by atoms with Crippen molar-refractivity contribution >= 4 is 5.91 Å². The Labute approximate surface area is 149 Å². The number of nitrogens with zero attached hydrogens (tertiary/aromatic N) is 3. The molecule has 26 heavy (non-hydrogen) atoms. The average molecular weight is 367 g/mol. The van der Waals surface area contributed by atoms with E-state index in [1.807, 2.05) is 13.0 Å². The first-order valence-electron chi connectivity index (χ1n) is 8.37. The number of carbonyl (C=O) groups is 1. The quantitative estimate of drug-likeness (QED) is 0.835. The molecule has 3 rings (SSSR count). The van der Waals surface area contributed by atoms with E-state index in [9.17, 15) is 18.0 Å². The Morgan fingerprint density at radius 3 is 2.85 bits per heavy atom. The van der Waals surface area contributed by atoms with Crippen molar-refractivity contribution < 1.29 is 22.7 Å². The second-order valence-electron chi connectivity index (χ2n) is 6.39. The molecule has 1 fully saturated rings. The zero-order valence-electron chi connectivity index (χ0n) is 14.4. The predicted octanol–water partition coefficient (Wildman–Crippen LogP) is 2.68. The average Bonchev–Trinajstić information content (AvgIpc) is 2.99. The highest BCUT2D eigenvalue weighted by Gasteiger charge is 2.31. The lowest BCUT2D eigenvalue weighted by atomic mass is 10.0. The number of aromatic nitrogens is 2. The van der Waals surface area contributed by atoms with Crippen molar-refractivity contribution in [3.05, 3.63) is 53.3 Å². The summed E-state index contributed by atoms with van der Waals surface area (Å²) in [6.45, 7) is 3.19. The topological polar surface area (TPSA) is 47.4 Å². The molecular formula is C18H20F3N3O2. The molecule has 1 aliphatic rings. The van der Waals surface area contributed by atoms with E-state index < -0.39 is 11.7 Å². The third-order valence-corrected chi connectivity index (χ3v) is 4.28. The zero-order valence-corrected chi connectivity index (χ0v) is 14.4. The molecule has 0 saturated carbocycles. The van der Waals surface area contributed by atoms with E-state index in [1.54, 1.807) is 21.8 Å². The van der Waals surface area contributed by atoms with Crippen LogP contribution in [-0.4, -0.2) is 46.4 Å². The highest BCUT2D eigenvalue weighted by Crippen LogP contribution is 2.30. The number of hydrogen-bond acceptors (Lipinski definition) is 3. The Kier molecular flexibility index (Phi) is 5.31. The minimum absolute atomic E-state index is 0.0783.